The molecular weight excluding hydrogens is 301 g/mol. The highest BCUT2D eigenvalue weighted by Gasteiger charge is 2.37. The van der Waals surface area contributed by atoms with Crippen LogP contribution in [0.5, 0.6) is 0 Å². The summed E-state index contributed by atoms with van der Waals surface area (Å²) in [5, 5.41) is 4.39. The lowest BCUT2D eigenvalue weighted by molar-refractivity contribution is 0.201. The summed E-state index contributed by atoms with van der Waals surface area (Å²) in [6.07, 6.45) is 4.90. The first-order valence-corrected chi connectivity index (χ1v) is 8.31. The summed E-state index contributed by atoms with van der Waals surface area (Å²) < 4.78 is 22.8. The fourth-order valence-electron chi connectivity index (χ4n) is 2.81. The Labute approximate surface area is 133 Å². The zero-order valence-corrected chi connectivity index (χ0v) is 13.5. The molecular formula is C16H20FN3OS. The first-order valence-electron chi connectivity index (χ1n) is 7.53. The molecule has 0 unspecified atom stereocenters. The van der Waals surface area contributed by atoms with Gasteiger partial charge in [0.15, 0.2) is 0 Å². The number of aromatic nitrogens is 2. The van der Waals surface area contributed by atoms with Gasteiger partial charge < -0.3 is 10.1 Å². The van der Waals surface area contributed by atoms with E-state index < -0.39 is 0 Å². The molecule has 118 valence electrons. The molecule has 0 amide bonds. The zero-order valence-electron chi connectivity index (χ0n) is 12.6. The normalized spacial score (nSPS) is 16.3. The molecule has 1 fully saturated rings. The van der Waals surface area contributed by atoms with Gasteiger partial charge in [-0.25, -0.2) is 9.37 Å². The third kappa shape index (κ3) is 3.62. The highest BCUT2D eigenvalue weighted by Crippen LogP contribution is 2.38. The molecule has 1 saturated carbocycles. The smallest absolute Gasteiger partial charge is 0.203 e. The van der Waals surface area contributed by atoms with E-state index in [-0.39, 0.29) is 11.4 Å². The molecule has 0 atom stereocenters. The maximum Gasteiger partial charge on any atom is 0.203 e. The Morgan fingerprint density at radius 2 is 2.27 bits per heavy atom. The molecule has 1 aliphatic carbocycles. The summed E-state index contributed by atoms with van der Waals surface area (Å²) in [7, 11) is 1.67. The Bertz CT molecular complexity index is 627. The van der Waals surface area contributed by atoms with Gasteiger partial charge in [-0.3, -0.25) is 0 Å². The maximum atomic E-state index is 13.4. The number of ether oxygens (including phenoxy) is 1. The predicted octanol–water partition coefficient (Wildman–Crippen LogP) is 3.44. The second kappa shape index (κ2) is 6.71. The second-order valence-electron chi connectivity index (χ2n) is 5.82. The van der Waals surface area contributed by atoms with Crippen LogP contribution in [0.2, 0.25) is 0 Å². The van der Waals surface area contributed by atoms with Gasteiger partial charge in [-0.1, -0.05) is 12.1 Å². The first kappa shape index (κ1) is 15.4. The van der Waals surface area contributed by atoms with Gasteiger partial charge in [0.1, 0.15) is 11.6 Å². The largest absolute Gasteiger partial charge is 0.384 e. The summed E-state index contributed by atoms with van der Waals surface area (Å²) in [6.45, 7) is 0.630. The molecule has 0 bridgehead atoms. The second-order valence-corrected chi connectivity index (χ2v) is 6.58. The van der Waals surface area contributed by atoms with Crippen molar-refractivity contribution in [3.63, 3.8) is 0 Å². The van der Waals surface area contributed by atoms with Crippen LogP contribution in [0, 0.1) is 5.82 Å². The van der Waals surface area contributed by atoms with Crippen molar-refractivity contribution in [1.82, 2.24) is 9.36 Å². The SMILES string of the molecule is COCCc1nsc(NC2(Cc3cccc(F)c3)CCC2)n1. The van der Waals surface area contributed by atoms with Crippen LogP contribution in [0.1, 0.15) is 30.7 Å². The fraction of sp³-hybridized carbons (Fsp3) is 0.500. The van der Waals surface area contributed by atoms with Crippen LogP contribution in [0.25, 0.3) is 0 Å². The van der Waals surface area contributed by atoms with E-state index in [0.29, 0.717) is 6.61 Å². The summed E-state index contributed by atoms with van der Waals surface area (Å²) in [5.74, 6) is 0.638. The number of nitrogens with one attached hydrogen (secondary N) is 1. The number of anilines is 1. The molecule has 6 heteroatoms. The van der Waals surface area contributed by atoms with Crippen LogP contribution in [-0.2, 0) is 17.6 Å². The van der Waals surface area contributed by atoms with Crippen LogP contribution in [0.3, 0.4) is 0 Å². The number of methoxy groups -OCH3 is 1. The van der Waals surface area contributed by atoms with Gasteiger partial charge in [0.05, 0.1) is 6.61 Å². The lowest BCUT2D eigenvalue weighted by Crippen LogP contribution is -2.47. The highest BCUT2D eigenvalue weighted by atomic mass is 32.1. The molecule has 4 nitrogen and oxygen atoms in total. The topological polar surface area (TPSA) is 47.0 Å². The number of rotatable bonds is 7. The van der Waals surface area contributed by atoms with Gasteiger partial charge in [0.25, 0.3) is 0 Å². The van der Waals surface area contributed by atoms with Crippen molar-refractivity contribution < 1.29 is 9.13 Å². The number of nitrogens with zero attached hydrogens (tertiary/aromatic N) is 2. The summed E-state index contributed by atoms with van der Waals surface area (Å²) >= 11 is 1.39. The molecule has 0 spiro atoms. The van der Waals surface area contributed by atoms with Crippen molar-refractivity contribution in [2.45, 2.75) is 37.6 Å². The summed E-state index contributed by atoms with van der Waals surface area (Å²) in [5.41, 5.74) is 1.02. The lowest BCUT2D eigenvalue weighted by Gasteiger charge is -2.42. The number of benzene rings is 1. The molecule has 1 heterocycles. The predicted molar refractivity (Wildman–Crippen MR) is 85.8 cm³/mol. The molecule has 1 aromatic heterocycles. The number of halogens is 1. The Morgan fingerprint density at radius 1 is 1.41 bits per heavy atom. The van der Waals surface area contributed by atoms with Gasteiger partial charge in [0.2, 0.25) is 5.13 Å². The van der Waals surface area contributed by atoms with Crippen molar-refractivity contribution in [2.24, 2.45) is 0 Å². The van der Waals surface area contributed by atoms with Gasteiger partial charge in [0, 0.05) is 30.6 Å². The van der Waals surface area contributed by atoms with Crippen LogP contribution < -0.4 is 5.32 Å². The zero-order chi connectivity index (χ0) is 15.4. The minimum Gasteiger partial charge on any atom is -0.384 e. The van der Waals surface area contributed by atoms with Crippen LogP contribution in [0.15, 0.2) is 24.3 Å². The van der Waals surface area contributed by atoms with Crippen molar-refractivity contribution in [3.8, 4) is 0 Å². The monoisotopic (exact) mass is 321 g/mol. The van der Waals surface area contributed by atoms with Crippen molar-refractivity contribution in [2.75, 3.05) is 19.0 Å². The summed E-state index contributed by atoms with van der Waals surface area (Å²) in [6, 6.07) is 6.85. The molecule has 0 saturated heterocycles. The van der Waals surface area contributed by atoms with Gasteiger partial charge >= 0.3 is 0 Å². The van der Waals surface area contributed by atoms with Gasteiger partial charge in [-0.05, 0) is 43.4 Å². The van der Waals surface area contributed by atoms with E-state index in [2.05, 4.69) is 14.7 Å². The van der Waals surface area contributed by atoms with Crippen LogP contribution >= 0.6 is 11.5 Å². The van der Waals surface area contributed by atoms with E-state index in [1.165, 1.54) is 24.0 Å². The molecule has 0 radical (unpaired) electrons. The minimum absolute atomic E-state index is 0.00808. The van der Waals surface area contributed by atoms with Crippen molar-refractivity contribution >= 4 is 16.7 Å². The third-order valence-corrected chi connectivity index (χ3v) is 4.78. The van der Waals surface area contributed by atoms with E-state index >= 15 is 0 Å². The Kier molecular flexibility index (Phi) is 4.69. The van der Waals surface area contributed by atoms with Crippen LogP contribution in [0.4, 0.5) is 9.52 Å². The maximum absolute atomic E-state index is 13.4. The van der Waals surface area contributed by atoms with Gasteiger partial charge in [-0.2, -0.15) is 4.37 Å². The molecule has 1 N–H and O–H groups in total. The van der Waals surface area contributed by atoms with Gasteiger partial charge in [-0.15, -0.1) is 0 Å². The molecule has 1 aromatic carbocycles. The Hall–Kier alpha value is -1.53. The van der Waals surface area contributed by atoms with Crippen molar-refractivity contribution in [1.29, 1.82) is 0 Å². The molecule has 2 aromatic rings. The molecule has 3 rings (SSSR count). The number of hydrogen-bond donors (Lipinski definition) is 1. The standard InChI is InChI=1S/C16H20FN3OS/c1-21-9-6-14-18-15(22-20-14)19-16(7-3-8-16)11-12-4-2-5-13(17)10-12/h2,4-5,10H,3,6-9,11H2,1H3,(H,18,19,20). The lowest BCUT2D eigenvalue weighted by atomic mass is 9.73. The average Bonchev–Trinajstić information content (AvgIpc) is 2.90. The number of hydrogen-bond acceptors (Lipinski definition) is 5. The fourth-order valence-corrected chi connectivity index (χ4v) is 3.55. The van der Waals surface area contributed by atoms with Crippen LogP contribution in [-0.4, -0.2) is 28.6 Å². The molecule has 1 aliphatic rings. The Morgan fingerprint density at radius 3 is 2.95 bits per heavy atom. The quantitative estimate of drug-likeness (QED) is 0.848. The molecule has 22 heavy (non-hydrogen) atoms. The first-order chi connectivity index (χ1) is 10.7. The van der Waals surface area contributed by atoms with E-state index in [1.54, 1.807) is 19.2 Å². The van der Waals surface area contributed by atoms with E-state index in [4.69, 9.17) is 4.74 Å². The van der Waals surface area contributed by atoms with E-state index in [1.807, 2.05) is 6.07 Å². The molecule has 0 aliphatic heterocycles. The average molecular weight is 321 g/mol. The van der Waals surface area contributed by atoms with E-state index in [0.717, 1.165) is 42.2 Å². The Balaban J connectivity index is 1.67. The van der Waals surface area contributed by atoms with E-state index in [9.17, 15) is 4.39 Å². The minimum atomic E-state index is -0.176. The highest BCUT2D eigenvalue weighted by molar-refractivity contribution is 7.09. The third-order valence-electron chi connectivity index (χ3n) is 4.11. The summed E-state index contributed by atoms with van der Waals surface area (Å²) in [4.78, 5) is 4.52. The van der Waals surface area contributed by atoms with Crippen molar-refractivity contribution in [3.05, 3.63) is 41.5 Å².